The Morgan fingerprint density at radius 1 is 1.80 bits per heavy atom. The van der Waals surface area contributed by atoms with Crippen LogP contribution < -0.4 is 0 Å². The van der Waals surface area contributed by atoms with E-state index in [1.807, 2.05) is 0 Å². The average molecular weight is 88.1 g/mol. The van der Waals surface area contributed by atoms with Crippen LogP contribution in [0.1, 0.15) is 16.7 Å². The largest absolute Gasteiger partial charge is 0.118 e. The Balaban J connectivity index is -0.0000000800. The molecule has 0 unspecified atom stereocenters. The molecule has 0 atom stereocenters. The molecule has 0 aliphatic carbocycles. The van der Waals surface area contributed by atoms with E-state index in [-0.39, 0.29) is 2.85 Å². The van der Waals surface area contributed by atoms with Gasteiger partial charge in [0.15, 0.2) is 0 Å². The highest BCUT2D eigenvalue weighted by Gasteiger charge is 1.79. The molecule has 0 nitrogen and oxygen atoms in total. The van der Waals surface area contributed by atoms with Crippen molar-refractivity contribution in [2.75, 3.05) is 0 Å². The van der Waals surface area contributed by atoms with E-state index in [0.29, 0.717) is 0 Å². The summed E-state index contributed by atoms with van der Waals surface area (Å²) >= 11 is 2.69. The van der Waals surface area contributed by atoms with Crippen molar-refractivity contribution < 1.29 is 2.85 Å². The van der Waals surface area contributed by atoms with Crippen LogP contribution in [0.25, 0.3) is 0 Å². The third-order valence-electron chi connectivity index (χ3n) is 0.471. The lowest BCUT2D eigenvalue weighted by atomic mass is 10.3. The molecule has 0 aromatic rings. The van der Waals surface area contributed by atoms with Gasteiger partial charge in [0.1, 0.15) is 16.3 Å². The van der Waals surface area contributed by atoms with Crippen LogP contribution in [0.4, 0.5) is 0 Å². The molecule has 0 fully saturated rings. The lowest BCUT2D eigenvalue weighted by molar-refractivity contribution is 0.735. The van der Waals surface area contributed by atoms with Crippen LogP contribution in [-0.2, 0) is 0 Å². The number of rotatable bonds is 1. The molecule has 0 heterocycles. The summed E-state index contributed by atoms with van der Waals surface area (Å²) in [5.74, 6) is 0.847. The third-order valence-corrected chi connectivity index (χ3v) is 1.41. The molecule has 0 saturated heterocycles. The molecule has 0 aliphatic rings. The summed E-state index contributed by atoms with van der Waals surface area (Å²) in [6.07, 6.45) is 0. The molecule has 0 rings (SSSR count). The minimum Gasteiger partial charge on any atom is -0.116 e. The van der Waals surface area contributed by atoms with Crippen LogP contribution in [0, 0.1) is 5.92 Å². The summed E-state index contributed by atoms with van der Waals surface area (Å²) in [6, 6.07) is 0. The van der Waals surface area contributed by atoms with E-state index in [9.17, 15) is 0 Å². The monoisotopic (exact) mass is 88.1 g/mol. The van der Waals surface area contributed by atoms with Crippen molar-refractivity contribution in [1.82, 2.24) is 0 Å². The van der Waals surface area contributed by atoms with E-state index >= 15 is 0 Å². The summed E-state index contributed by atoms with van der Waals surface area (Å²) in [6.45, 7) is 4.40. The van der Waals surface area contributed by atoms with Gasteiger partial charge in [-0.3, -0.25) is 0 Å². The first kappa shape index (κ1) is 5.53. The van der Waals surface area contributed by atoms with Gasteiger partial charge in [-0.2, -0.15) is 0 Å². The Hall–Kier alpha value is 0.532. The van der Waals surface area contributed by atoms with Gasteiger partial charge in [0.25, 0.3) is 0 Å². The van der Waals surface area contributed by atoms with Crippen LogP contribution in [0.2, 0.25) is 5.28 Å². The number of hydrogen-bond acceptors (Lipinski definition) is 0. The Morgan fingerprint density at radius 3 is 2.00 bits per heavy atom. The molecule has 0 aromatic heterocycles. The zero-order valence-electron chi connectivity index (χ0n) is 3.86. The molecule has 0 aromatic carbocycles. The van der Waals surface area contributed by atoms with E-state index in [1.54, 1.807) is 0 Å². The quantitative estimate of drug-likeness (QED) is 0.428. The van der Waals surface area contributed by atoms with Crippen molar-refractivity contribution in [3.05, 3.63) is 0 Å². The maximum atomic E-state index is 2.69. The molecule has 5 heavy (non-hydrogen) atoms. The fourth-order valence-corrected chi connectivity index (χ4v) is 0. The van der Waals surface area contributed by atoms with Crippen LogP contribution in [0.15, 0.2) is 0 Å². The van der Waals surface area contributed by atoms with E-state index in [4.69, 9.17) is 0 Å². The zero-order chi connectivity index (χ0) is 4.28. The first-order chi connectivity index (χ1) is 2.27. The molecule has 32 valence electrons. The Kier molecular flexibility index (Phi) is 3.05. The molecular weight excluding hydrogens is 75.0 g/mol. The van der Waals surface area contributed by atoms with Crippen LogP contribution in [0.3, 0.4) is 0 Å². The maximum absolute atomic E-state index is 2.69. The van der Waals surface area contributed by atoms with Crippen molar-refractivity contribution in [2.45, 2.75) is 19.1 Å². The van der Waals surface area contributed by atoms with Crippen molar-refractivity contribution in [2.24, 2.45) is 5.92 Å². The van der Waals surface area contributed by atoms with Gasteiger partial charge in [-0.05, 0) is 0 Å². The molecule has 0 spiro atoms. The lowest BCUT2D eigenvalue weighted by Crippen LogP contribution is -1.80. The van der Waals surface area contributed by atoms with E-state index < -0.39 is 0 Å². The molecule has 2 radical (unpaired) electrons. The first-order valence-electron chi connectivity index (χ1n) is 1.97. The van der Waals surface area contributed by atoms with Crippen LogP contribution in [0.5, 0.6) is 0 Å². The minimum atomic E-state index is 0. The number of hydrogen-bond donors (Lipinski definition) is 0. The molecule has 0 bridgehead atoms. The molecule has 0 N–H and O–H groups in total. The van der Waals surface area contributed by atoms with Gasteiger partial charge in [0, 0.05) is 2.85 Å². The Bertz CT molecular complexity index is 23.7. The lowest BCUT2D eigenvalue weighted by Gasteiger charge is -1.91. The van der Waals surface area contributed by atoms with Crippen molar-refractivity contribution >= 4 is 16.3 Å². The van der Waals surface area contributed by atoms with Crippen LogP contribution >= 0.6 is 0 Å². The topological polar surface area (TPSA) is 0 Å². The summed E-state index contributed by atoms with van der Waals surface area (Å²) in [5, 5.41) is 1.22. The molecule has 0 aliphatic heterocycles. The summed E-state index contributed by atoms with van der Waals surface area (Å²) in [7, 11) is 0. The predicted molar refractivity (Wildman–Crippen MR) is 29.6 cm³/mol. The second-order valence-electron chi connectivity index (χ2n) is 1.63. The fraction of sp³-hybridized carbons (Fsp3) is 1.00. The predicted octanol–water partition coefficient (Wildman–Crippen LogP) is 1.72. The van der Waals surface area contributed by atoms with Gasteiger partial charge < -0.3 is 0 Å². The SMILES string of the molecule is CC(C)[CH2][Al].[HH].[HH]. The highest BCUT2D eigenvalue weighted by Crippen LogP contribution is 1.92. The zero-order valence-corrected chi connectivity index (χ0v) is 5.02. The normalized spacial score (nSPS) is 9.40. The highest BCUT2D eigenvalue weighted by molar-refractivity contribution is 6.08. The summed E-state index contributed by atoms with van der Waals surface area (Å²) in [4.78, 5) is 0. The van der Waals surface area contributed by atoms with E-state index in [2.05, 4.69) is 30.1 Å². The van der Waals surface area contributed by atoms with Crippen molar-refractivity contribution in [3.63, 3.8) is 0 Å². The van der Waals surface area contributed by atoms with Gasteiger partial charge in [-0.25, -0.2) is 0 Å². The molecule has 0 amide bonds. The van der Waals surface area contributed by atoms with Gasteiger partial charge in [0.05, 0.1) is 0 Å². The Morgan fingerprint density at radius 2 is 2.00 bits per heavy atom. The second kappa shape index (κ2) is 2.75. The Labute approximate surface area is 45.0 Å². The molecule has 0 saturated carbocycles. The van der Waals surface area contributed by atoms with E-state index in [0.717, 1.165) is 5.92 Å². The maximum Gasteiger partial charge on any atom is 0.118 e. The average Bonchev–Trinajstić information content (AvgIpc) is 1.38. The van der Waals surface area contributed by atoms with Gasteiger partial charge in [-0.1, -0.05) is 19.8 Å². The highest BCUT2D eigenvalue weighted by atomic mass is 27.0. The van der Waals surface area contributed by atoms with Gasteiger partial charge >= 0.3 is 0 Å². The van der Waals surface area contributed by atoms with Crippen molar-refractivity contribution in [3.8, 4) is 0 Å². The standard InChI is InChI=1S/C4H9.Al.2H2/c1-4(2)3;;;/h4H,1H2,2-3H3;;2*1H. The molecular formula is C4H13Al. The smallest absolute Gasteiger partial charge is 0.116 e. The van der Waals surface area contributed by atoms with Gasteiger partial charge in [-0.15, -0.1) is 5.28 Å². The fourth-order valence-electron chi connectivity index (χ4n) is 0. The third kappa shape index (κ3) is 4.53. The van der Waals surface area contributed by atoms with Gasteiger partial charge in [0.2, 0.25) is 0 Å². The molecule has 1 heteroatoms. The minimum absolute atomic E-state index is 0. The summed E-state index contributed by atoms with van der Waals surface area (Å²) in [5.41, 5.74) is 0. The summed E-state index contributed by atoms with van der Waals surface area (Å²) < 4.78 is 0. The van der Waals surface area contributed by atoms with Crippen molar-refractivity contribution in [1.29, 1.82) is 0 Å². The van der Waals surface area contributed by atoms with E-state index in [1.165, 1.54) is 5.28 Å². The first-order valence-corrected chi connectivity index (χ1v) is 2.79. The second-order valence-corrected chi connectivity index (χ2v) is 2.10. The van der Waals surface area contributed by atoms with Crippen LogP contribution in [-0.4, -0.2) is 16.3 Å².